The minimum Gasteiger partial charge on any atom is -0.372 e. The molecule has 0 saturated heterocycles. The van der Waals surface area contributed by atoms with Gasteiger partial charge in [0.25, 0.3) is 5.69 Å². The predicted octanol–water partition coefficient (Wildman–Crippen LogP) is 3.81. The molecule has 114 valence electrons. The Bertz CT molecular complexity index is 522. The number of benzene rings is 1. The minimum atomic E-state index is -0.514. The number of nitro benzene ring substituents is 1. The molecule has 0 radical (unpaired) electrons. The van der Waals surface area contributed by atoms with Gasteiger partial charge in [-0.1, -0.05) is 13.3 Å². The Morgan fingerprint density at radius 1 is 1.33 bits per heavy atom. The number of nitrogens with zero attached hydrogens (tertiary/aromatic N) is 2. The highest BCUT2D eigenvalue weighted by molar-refractivity contribution is 5.83. The molecule has 0 heterocycles. The molecule has 21 heavy (non-hydrogen) atoms. The Labute approximate surface area is 125 Å². The fourth-order valence-corrected chi connectivity index (χ4v) is 3.17. The molecule has 0 atom stereocenters. The highest BCUT2D eigenvalue weighted by atomic mass is 16.6. The van der Waals surface area contributed by atoms with E-state index in [9.17, 15) is 14.9 Å². The highest BCUT2D eigenvalue weighted by Gasteiger charge is 2.24. The molecule has 0 aliphatic heterocycles. The Kier molecular flexibility index (Phi) is 4.94. The summed E-state index contributed by atoms with van der Waals surface area (Å²) < 4.78 is 0. The molecule has 5 nitrogen and oxygen atoms in total. The fraction of sp³-hybridized carbons (Fsp3) is 0.562. The van der Waals surface area contributed by atoms with E-state index in [0.717, 1.165) is 24.4 Å². The number of hydrogen-bond acceptors (Lipinski definition) is 4. The molecule has 1 aliphatic carbocycles. The predicted molar refractivity (Wildman–Crippen MR) is 82.9 cm³/mol. The molecule has 0 spiro atoms. The highest BCUT2D eigenvalue weighted by Crippen LogP contribution is 2.32. The maximum absolute atomic E-state index is 11.0. The Morgan fingerprint density at radius 3 is 2.52 bits per heavy atom. The average molecular weight is 290 g/mol. The number of carbonyl (C=O) groups excluding carboxylic acids is 1. The molecular weight excluding hydrogens is 268 g/mol. The van der Waals surface area contributed by atoms with Crippen LogP contribution in [-0.4, -0.2) is 24.3 Å². The third-order valence-corrected chi connectivity index (χ3v) is 4.68. The lowest BCUT2D eigenvalue weighted by Gasteiger charge is -2.35. The largest absolute Gasteiger partial charge is 0.372 e. The summed E-state index contributed by atoms with van der Waals surface area (Å²) in [4.78, 5) is 23.5. The number of nitro groups is 1. The van der Waals surface area contributed by atoms with Crippen LogP contribution in [0.1, 0.15) is 49.4 Å². The van der Waals surface area contributed by atoms with Crippen LogP contribution in [-0.2, 0) is 0 Å². The van der Waals surface area contributed by atoms with Crippen molar-refractivity contribution >= 4 is 17.7 Å². The van der Waals surface area contributed by atoms with Crippen molar-refractivity contribution in [2.75, 3.05) is 11.9 Å². The van der Waals surface area contributed by atoms with Crippen LogP contribution in [0.25, 0.3) is 0 Å². The third-order valence-electron chi connectivity index (χ3n) is 4.68. The van der Waals surface area contributed by atoms with Crippen molar-refractivity contribution in [2.24, 2.45) is 5.92 Å². The SMILES string of the molecule is CCC1CCC(N(C)c2ccc([N+](=O)[O-])c(C=O)c2)CC1. The maximum atomic E-state index is 11.0. The Balaban J connectivity index is 2.14. The van der Waals surface area contributed by atoms with Gasteiger partial charge in [0.15, 0.2) is 6.29 Å². The summed E-state index contributed by atoms with van der Waals surface area (Å²) in [5, 5.41) is 10.9. The lowest BCUT2D eigenvalue weighted by atomic mass is 9.84. The van der Waals surface area contributed by atoms with E-state index >= 15 is 0 Å². The van der Waals surface area contributed by atoms with Crippen molar-refractivity contribution in [3.05, 3.63) is 33.9 Å². The first-order valence-electron chi connectivity index (χ1n) is 7.53. The monoisotopic (exact) mass is 290 g/mol. The van der Waals surface area contributed by atoms with Gasteiger partial charge in [-0.05, 0) is 43.7 Å². The third kappa shape index (κ3) is 3.40. The molecule has 0 unspecified atom stereocenters. The van der Waals surface area contributed by atoms with Crippen molar-refractivity contribution in [3.8, 4) is 0 Å². The van der Waals surface area contributed by atoms with Crippen LogP contribution >= 0.6 is 0 Å². The van der Waals surface area contributed by atoms with Crippen LogP contribution in [0.4, 0.5) is 11.4 Å². The van der Waals surface area contributed by atoms with E-state index in [1.165, 1.54) is 25.3 Å². The molecule has 1 aliphatic rings. The molecule has 1 saturated carbocycles. The first-order chi connectivity index (χ1) is 10.1. The Hall–Kier alpha value is -1.91. The zero-order valence-electron chi connectivity index (χ0n) is 12.6. The van der Waals surface area contributed by atoms with Gasteiger partial charge in [0, 0.05) is 24.8 Å². The second-order valence-electron chi connectivity index (χ2n) is 5.81. The van der Waals surface area contributed by atoms with Crippen LogP contribution in [0.2, 0.25) is 0 Å². The van der Waals surface area contributed by atoms with Crippen molar-refractivity contribution in [2.45, 2.75) is 45.1 Å². The molecule has 0 N–H and O–H groups in total. The van der Waals surface area contributed by atoms with E-state index in [1.807, 2.05) is 7.05 Å². The van der Waals surface area contributed by atoms with Crippen molar-refractivity contribution in [1.29, 1.82) is 0 Å². The number of anilines is 1. The quantitative estimate of drug-likeness (QED) is 0.470. The second-order valence-corrected chi connectivity index (χ2v) is 5.81. The molecule has 0 aromatic heterocycles. The summed E-state index contributed by atoms with van der Waals surface area (Å²) in [6.45, 7) is 2.24. The van der Waals surface area contributed by atoms with E-state index in [4.69, 9.17) is 0 Å². The van der Waals surface area contributed by atoms with Gasteiger partial charge in [0.2, 0.25) is 0 Å². The van der Waals surface area contributed by atoms with Crippen LogP contribution < -0.4 is 4.90 Å². The summed E-state index contributed by atoms with van der Waals surface area (Å²) in [6, 6.07) is 5.23. The molecule has 2 rings (SSSR count). The van der Waals surface area contributed by atoms with Crippen molar-refractivity contribution in [3.63, 3.8) is 0 Å². The lowest BCUT2D eigenvalue weighted by Crippen LogP contribution is -2.35. The van der Waals surface area contributed by atoms with Gasteiger partial charge in [-0.3, -0.25) is 14.9 Å². The summed E-state index contributed by atoms with van der Waals surface area (Å²) in [6.07, 6.45) is 6.55. The van der Waals surface area contributed by atoms with E-state index in [2.05, 4.69) is 11.8 Å². The first-order valence-corrected chi connectivity index (χ1v) is 7.53. The standard InChI is InChI=1S/C16H22N2O3/c1-3-12-4-6-14(7-5-12)17(2)15-8-9-16(18(20)21)13(10-15)11-19/h8-12,14H,3-7H2,1-2H3. The van der Waals surface area contributed by atoms with Crippen molar-refractivity contribution in [1.82, 2.24) is 0 Å². The number of aldehydes is 1. The van der Waals surface area contributed by atoms with Gasteiger partial charge in [-0.25, -0.2) is 0 Å². The van der Waals surface area contributed by atoms with E-state index in [0.29, 0.717) is 12.3 Å². The molecule has 0 bridgehead atoms. The van der Waals surface area contributed by atoms with Crippen LogP contribution in [0.5, 0.6) is 0 Å². The Morgan fingerprint density at radius 2 is 2.00 bits per heavy atom. The van der Waals surface area contributed by atoms with Crippen molar-refractivity contribution < 1.29 is 9.72 Å². The summed E-state index contributed by atoms with van der Waals surface area (Å²) >= 11 is 0. The molecule has 1 aromatic rings. The average Bonchev–Trinajstić information content (AvgIpc) is 2.53. The smallest absolute Gasteiger partial charge is 0.280 e. The van der Waals surface area contributed by atoms with Crippen LogP contribution in [0.3, 0.4) is 0 Å². The molecular formula is C16H22N2O3. The van der Waals surface area contributed by atoms with Gasteiger partial charge >= 0.3 is 0 Å². The maximum Gasteiger partial charge on any atom is 0.280 e. The summed E-state index contributed by atoms with van der Waals surface area (Å²) in [5.41, 5.74) is 0.895. The topological polar surface area (TPSA) is 63.4 Å². The zero-order valence-corrected chi connectivity index (χ0v) is 12.6. The second kappa shape index (κ2) is 6.70. The van der Waals surface area contributed by atoms with Gasteiger partial charge in [-0.2, -0.15) is 0 Å². The number of hydrogen-bond donors (Lipinski definition) is 0. The molecule has 1 fully saturated rings. The van der Waals surface area contributed by atoms with Crippen LogP contribution in [0, 0.1) is 16.0 Å². The van der Waals surface area contributed by atoms with E-state index in [1.54, 1.807) is 12.1 Å². The van der Waals surface area contributed by atoms with E-state index < -0.39 is 4.92 Å². The van der Waals surface area contributed by atoms with Gasteiger partial charge in [0.1, 0.15) is 0 Å². The van der Waals surface area contributed by atoms with E-state index in [-0.39, 0.29) is 11.3 Å². The fourth-order valence-electron chi connectivity index (χ4n) is 3.17. The number of carbonyl (C=O) groups is 1. The summed E-state index contributed by atoms with van der Waals surface area (Å²) in [5.74, 6) is 0.831. The molecule has 5 heteroatoms. The number of rotatable bonds is 5. The van der Waals surface area contributed by atoms with Crippen LogP contribution in [0.15, 0.2) is 18.2 Å². The molecule has 0 amide bonds. The van der Waals surface area contributed by atoms with Gasteiger partial charge in [-0.15, -0.1) is 0 Å². The van der Waals surface area contributed by atoms with Gasteiger partial charge in [0.05, 0.1) is 10.5 Å². The normalized spacial score (nSPS) is 21.8. The minimum absolute atomic E-state index is 0.128. The first kappa shape index (κ1) is 15.5. The lowest BCUT2D eigenvalue weighted by molar-refractivity contribution is -0.385. The summed E-state index contributed by atoms with van der Waals surface area (Å²) in [7, 11) is 2.01. The van der Waals surface area contributed by atoms with Gasteiger partial charge < -0.3 is 4.90 Å². The molecule has 1 aromatic carbocycles. The zero-order chi connectivity index (χ0) is 15.4.